The van der Waals surface area contributed by atoms with Crippen LogP contribution in [0.2, 0.25) is 0 Å². The van der Waals surface area contributed by atoms with Crippen LogP contribution < -0.4 is 15.4 Å². The summed E-state index contributed by atoms with van der Waals surface area (Å²) < 4.78 is 5.48. The third-order valence-electron chi connectivity index (χ3n) is 4.48. The summed E-state index contributed by atoms with van der Waals surface area (Å²) in [5.41, 5.74) is -0.923. The Labute approximate surface area is 147 Å². The highest BCUT2D eigenvalue weighted by atomic mass is 16.5. The predicted octanol–water partition coefficient (Wildman–Crippen LogP) is 1.54. The predicted molar refractivity (Wildman–Crippen MR) is 93.1 cm³/mol. The minimum atomic E-state index is -0.923. The standard InChI is InChI=1S/C18H25N3O4/c1-4-18(13(2)3)16(23)21(17(24)20-18)12-15(22)19-10-11-25-14-8-6-5-7-9-14/h5-9,13H,4,10-12H2,1-3H3,(H,19,22)(H,20,24)/t18-/m0/s1. The van der Waals surface area contributed by atoms with Crippen LogP contribution in [0.5, 0.6) is 5.75 Å². The van der Waals surface area contributed by atoms with Crippen molar-refractivity contribution < 1.29 is 19.1 Å². The molecule has 4 amide bonds. The second-order valence-corrected chi connectivity index (χ2v) is 6.31. The highest BCUT2D eigenvalue weighted by molar-refractivity contribution is 6.09. The Morgan fingerprint density at radius 2 is 1.96 bits per heavy atom. The molecule has 1 heterocycles. The molecular formula is C18H25N3O4. The molecule has 1 aromatic carbocycles. The van der Waals surface area contributed by atoms with Crippen molar-refractivity contribution in [2.75, 3.05) is 19.7 Å². The summed E-state index contributed by atoms with van der Waals surface area (Å²) in [7, 11) is 0. The van der Waals surface area contributed by atoms with Gasteiger partial charge in [-0.3, -0.25) is 14.5 Å². The summed E-state index contributed by atoms with van der Waals surface area (Å²) in [5.74, 6) is -0.0710. The van der Waals surface area contributed by atoms with Crippen molar-refractivity contribution in [2.24, 2.45) is 5.92 Å². The minimum absolute atomic E-state index is 0.0544. The van der Waals surface area contributed by atoms with Crippen LogP contribution in [-0.2, 0) is 9.59 Å². The van der Waals surface area contributed by atoms with E-state index in [0.29, 0.717) is 19.6 Å². The van der Waals surface area contributed by atoms with Crippen LogP contribution in [0, 0.1) is 5.92 Å². The molecular weight excluding hydrogens is 322 g/mol. The maximum atomic E-state index is 12.6. The second kappa shape index (κ2) is 8.00. The van der Waals surface area contributed by atoms with E-state index in [-0.39, 0.29) is 18.4 Å². The number of carbonyl (C=O) groups is 3. The fourth-order valence-corrected chi connectivity index (χ4v) is 2.90. The van der Waals surface area contributed by atoms with Crippen molar-refractivity contribution in [2.45, 2.75) is 32.7 Å². The van der Waals surface area contributed by atoms with Crippen LogP contribution in [0.1, 0.15) is 27.2 Å². The molecule has 7 nitrogen and oxygen atoms in total. The normalized spacial score (nSPS) is 19.9. The van der Waals surface area contributed by atoms with E-state index in [2.05, 4.69) is 10.6 Å². The first-order valence-electron chi connectivity index (χ1n) is 8.49. The Kier molecular flexibility index (Phi) is 6.01. The van der Waals surface area contributed by atoms with E-state index in [1.54, 1.807) is 0 Å². The number of nitrogens with zero attached hydrogens (tertiary/aromatic N) is 1. The number of urea groups is 1. The van der Waals surface area contributed by atoms with E-state index in [1.807, 2.05) is 51.1 Å². The first kappa shape index (κ1) is 18.8. The van der Waals surface area contributed by atoms with Gasteiger partial charge >= 0.3 is 6.03 Å². The molecule has 0 saturated carbocycles. The summed E-state index contributed by atoms with van der Waals surface area (Å²) >= 11 is 0. The molecule has 1 atom stereocenters. The van der Waals surface area contributed by atoms with E-state index in [9.17, 15) is 14.4 Å². The number of para-hydroxylation sites is 1. The molecule has 0 aliphatic carbocycles. The Bertz CT molecular complexity index is 632. The van der Waals surface area contributed by atoms with Gasteiger partial charge in [-0.25, -0.2) is 4.79 Å². The van der Waals surface area contributed by atoms with Crippen molar-refractivity contribution in [1.29, 1.82) is 0 Å². The lowest BCUT2D eigenvalue weighted by Crippen LogP contribution is -2.51. The zero-order chi connectivity index (χ0) is 18.4. The van der Waals surface area contributed by atoms with Gasteiger partial charge in [0.25, 0.3) is 5.91 Å². The van der Waals surface area contributed by atoms with Gasteiger partial charge in [-0.05, 0) is 24.5 Å². The molecule has 7 heteroatoms. The third-order valence-corrected chi connectivity index (χ3v) is 4.48. The van der Waals surface area contributed by atoms with Gasteiger partial charge in [-0.15, -0.1) is 0 Å². The molecule has 0 radical (unpaired) electrons. The van der Waals surface area contributed by atoms with Gasteiger partial charge in [0.05, 0.1) is 6.54 Å². The van der Waals surface area contributed by atoms with Gasteiger partial charge in [0.2, 0.25) is 5.91 Å². The van der Waals surface area contributed by atoms with E-state index in [0.717, 1.165) is 10.6 Å². The molecule has 0 unspecified atom stereocenters. The van der Waals surface area contributed by atoms with Crippen molar-refractivity contribution in [3.05, 3.63) is 30.3 Å². The van der Waals surface area contributed by atoms with Gasteiger partial charge in [0, 0.05) is 0 Å². The summed E-state index contributed by atoms with van der Waals surface area (Å²) in [6.07, 6.45) is 0.484. The summed E-state index contributed by atoms with van der Waals surface area (Å²) in [6, 6.07) is 8.74. The Morgan fingerprint density at radius 1 is 1.28 bits per heavy atom. The van der Waals surface area contributed by atoms with Crippen molar-refractivity contribution in [3.63, 3.8) is 0 Å². The molecule has 0 bridgehead atoms. The average Bonchev–Trinajstić information content (AvgIpc) is 2.85. The largest absolute Gasteiger partial charge is 0.492 e. The number of imide groups is 1. The SMILES string of the molecule is CC[C@@]1(C(C)C)NC(=O)N(CC(=O)NCCOc2ccccc2)C1=O. The van der Waals surface area contributed by atoms with Crippen molar-refractivity contribution in [3.8, 4) is 5.75 Å². The maximum absolute atomic E-state index is 12.6. The zero-order valence-electron chi connectivity index (χ0n) is 14.9. The highest BCUT2D eigenvalue weighted by Gasteiger charge is 2.52. The number of hydrogen-bond donors (Lipinski definition) is 2. The topological polar surface area (TPSA) is 87.7 Å². The number of hydrogen-bond acceptors (Lipinski definition) is 4. The molecule has 2 rings (SSSR count). The van der Waals surface area contributed by atoms with E-state index in [1.165, 1.54) is 0 Å². The van der Waals surface area contributed by atoms with Gasteiger partial charge in [0.15, 0.2) is 0 Å². The van der Waals surface area contributed by atoms with E-state index >= 15 is 0 Å². The van der Waals surface area contributed by atoms with Crippen LogP contribution in [-0.4, -0.2) is 48.0 Å². The summed E-state index contributed by atoms with van der Waals surface area (Å²) in [6.45, 7) is 5.92. The number of carbonyl (C=O) groups excluding carboxylic acids is 3. The zero-order valence-corrected chi connectivity index (χ0v) is 14.9. The molecule has 0 spiro atoms. The molecule has 1 aliphatic rings. The molecule has 2 N–H and O–H groups in total. The fourth-order valence-electron chi connectivity index (χ4n) is 2.90. The lowest BCUT2D eigenvalue weighted by Gasteiger charge is -2.29. The minimum Gasteiger partial charge on any atom is -0.492 e. The quantitative estimate of drug-likeness (QED) is 0.551. The lowest BCUT2D eigenvalue weighted by atomic mass is 9.84. The van der Waals surface area contributed by atoms with Crippen LogP contribution in [0.3, 0.4) is 0 Å². The second-order valence-electron chi connectivity index (χ2n) is 6.31. The molecule has 136 valence electrons. The average molecular weight is 347 g/mol. The monoisotopic (exact) mass is 347 g/mol. The number of ether oxygens (including phenoxy) is 1. The molecule has 1 aromatic rings. The molecule has 25 heavy (non-hydrogen) atoms. The molecule has 1 aliphatic heterocycles. The van der Waals surface area contributed by atoms with Crippen molar-refractivity contribution in [1.82, 2.24) is 15.5 Å². The van der Waals surface area contributed by atoms with Crippen LogP contribution in [0.4, 0.5) is 4.79 Å². The Hall–Kier alpha value is -2.57. The summed E-state index contributed by atoms with van der Waals surface area (Å²) in [5, 5.41) is 5.40. The van der Waals surface area contributed by atoms with Gasteiger partial charge in [0.1, 0.15) is 24.4 Å². The Balaban J connectivity index is 1.82. The smallest absolute Gasteiger partial charge is 0.325 e. The highest BCUT2D eigenvalue weighted by Crippen LogP contribution is 2.28. The van der Waals surface area contributed by atoms with Crippen LogP contribution in [0.25, 0.3) is 0 Å². The maximum Gasteiger partial charge on any atom is 0.325 e. The number of rotatable bonds is 8. The lowest BCUT2D eigenvalue weighted by molar-refractivity contribution is -0.136. The number of benzene rings is 1. The van der Waals surface area contributed by atoms with Crippen molar-refractivity contribution >= 4 is 17.8 Å². The Morgan fingerprint density at radius 3 is 2.52 bits per heavy atom. The van der Waals surface area contributed by atoms with Crippen LogP contribution in [0.15, 0.2) is 30.3 Å². The number of amides is 4. The third kappa shape index (κ3) is 4.10. The van der Waals surface area contributed by atoms with Crippen LogP contribution >= 0.6 is 0 Å². The van der Waals surface area contributed by atoms with E-state index < -0.39 is 17.5 Å². The first-order valence-corrected chi connectivity index (χ1v) is 8.49. The van der Waals surface area contributed by atoms with Gasteiger partial charge in [-0.2, -0.15) is 0 Å². The number of nitrogens with one attached hydrogen (secondary N) is 2. The fraction of sp³-hybridized carbons (Fsp3) is 0.500. The van der Waals surface area contributed by atoms with Gasteiger partial charge in [-0.1, -0.05) is 39.0 Å². The first-order chi connectivity index (χ1) is 11.9. The van der Waals surface area contributed by atoms with Gasteiger partial charge < -0.3 is 15.4 Å². The molecule has 1 fully saturated rings. The van der Waals surface area contributed by atoms with E-state index in [4.69, 9.17) is 4.74 Å². The molecule has 0 aromatic heterocycles. The summed E-state index contributed by atoms with van der Waals surface area (Å²) in [4.78, 5) is 37.7. The molecule has 1 saturated heterocycles.